The summed E-state index contributed by atoms with van der Waals surface area (Å²) in [5.41, 5.74) is 5.36. The number of aromatic nitrogens is 1. The van der Waals surface area contributed by atoms with E-state index >= 15 is 0 Å². The molecule has 1 aliphatic carbocycles. The molecule has 2 bridgehead atoms. The van der Waals surface area contributed by atoms with Crippen molar-refractivity contribution in [2.24, 2.45) is 5.92 Å². The van der Waals surface area contributed by atoms with Crippen molar-refractivity contribution in [3.63, 3.8) is 0 Å². The predicted molar refractivity (Wildman–Crippen MR) is 134 cm³/mol. The summed E-state index contributed by atoms with van der Waals surface area (Å²) >= 11 is 0. The Morgan fingerprint density at radius 1 is 0.944 bits per heavy atom. The van der Waals surface area contributed by atoms with E-state index in [0.29, 0.717) is 25.0 Å². The third-order valence-corrected chi connectivity index (χ3v) is 8.05. The summed E-state index contributed by atoms with van der Waals surface area (Å²) in [4.78, 5) is 32.8. The lowest BCUT2D eigenvalue weighted by Crippen LogP contribution is -2.56. The molecule has 1 amide bonds. The second kappa shape index (κ2) is 9.23. The molecule has 1 aromatic heterocycles. The number of nitrogens with zero attached hydrogens (tertiary/aromatic N) is 3. The fraction of sp³-hybridized carbons (Fsp3) is 0.333. The highest BCUT2D eigenvalue weighted by Crippen LogP contribution is 2.45. The van der Waals surface area contributed by atoms with Crippen LogP contribution in [-0.2, 0) is 4.74 Å². The van der Waals surface area contributed by atoms with Crippen LogP contribution < -0.4 is 0 Å². The van der Waals surface area contributed by atoms with Gasteiger partial charge in [-0.2, -0.15) is 5.26 Å². The summed E-state index contributed by atoms with van der Waals surface area (Å²) in [6, 6.07) is 22.0. The van der Waals surface area contributed by atoms with Crippen LogP contribution in [0, 0.1) is 17.2 Å². The molecule has 2 atom stereocenters. The molecule has 6 rings (SSSR count). The van der Waals surface area contributed by atoms with Gasteiger partial charge in [0.2, 0.25) is 0 Å². The number of nitriles is 1. The maximum Gasteiger partial charge on any atom is 0.410 e. The Hall–Kier alpha value is -3.98. The topological polar surface area (TPSA) is 83.3 Å². The first-order valence-electron chi connectivity index (χ1n) is 12.7. The third kappa shape index (κ3) is 3.76. The van der Waals surface area contributed by atoms with Crippen molar-refractivity contribution in [2.45, 2.75) is 50.1 Å². The Labute approximate surface area is 210 Å². The third-order valence-electron chi connectivity index (χ3n) is 8.05. The highest BCUT2D eigenvalue weighted by atomic mass is 16.6. The first-order chi connectivity index (χ1) is 17.7. The molecule has 0 saturated carbocycles. The van der Waals surface area contributed by atoms with Gasteiger partial charge in [0, 0.05) is 30.1 Å². The minimum Gasteiger partial charge on any atom is -0.448 e. The van der Waals surface area contributed by atoms with Crippen molar-refractivity contribution in [1.29, 1.82) is 5.26 Å². The summed E-state index contributed by atoms with van der Waals surface area (Å²) in [5, 5.41) is 9.40. The number of carbonyl (C=O) groups is 2. The number of benzene rings is 2. The number of amides is 1. The van der Waals surface area contributed by atoms with E-state index in [4.69, 9.17) is 4.74 Å². The summed E-state index contributed by atoms with van der Waals surface area (Å²) < 4.78 is 5.98. The van der Waals surface area contributed by atoms with Gasteiger partial charge in [-0.1, -0.05) is 48.5 Å². The first-order valence-corrected chi connectivity index (χ1v) is 12.7. The maximum atomic E-state index is 13.4. The molecule has 2 aromatic carbocycles. The zero-order valence-electron chi connectivity index (χ0n) is 20.0. The minimum atomic E-state index is -0.284. The van der Waals surface area contributed by atoms with Gasteiger partial charge in [0.05, 0.1) is 5.56 Å². The minimum absolute atomic E-state index is 0.0221. The number of hydrogen-bond donors (Lipinski definition) is 0. The van der Waals surface area contributed by atoms with Gasteiger partial charge in [-0.15, -0.1) is 0 Å². The zero-order valence-corrected chi connectivity index (χ0v) is 20.0. The van der Waals surface area contributed by atoms with E-state index in [0.717, 1.165) is 19.3 Å². The van der Waals surface area contributed by atoms with E-state index in [1.165, 1.54) is 22.3 Å². The van der Waals surface area contributed by atoms with Crippen molar-refractivity contribution in [3.05, 3.63) is 89.2 Å². The van der Waals surface area contributed by atoms with Gasteiger partial charge in [-0.3, -0.25) is 9.78 Å². The van der Waals surface area contributed by atoms with Crippen LogP contribution in [-0.4, -0.2) is 40.5 Å². The fourth-order valence-corrected chi connectivity index (χ4v) is 6.45. The molecule has 3 heterocycles. The van der Waals surface area contributed by atoms with Gasteiger partial charge < -0.3 is 9.64 Å². The number of ether oxygens (including phenoxy) is 1. The Bertz CT molecular complexity index is 1320. The molecule has 3 aliphatic rings. The van der Waals surface area contributed by atoms with E-state index in [1.807, 2.05) is 29.2 Å². The Kier molecular flexibility index (Phi) is 5.77. The molecule has 0 radical (unpaired) electrons. The SMILES string of the molecule is N#Cc1cccnc1C(=O)C1CC2CCCC(C1)N2C(=O)OCC1c2ccccc2-c2ccccc21. The van der Waals surface area contributed by atoms with Crippen molar-refractivity contribution >= 4 is 11.9 Å². The second-order valence-corrected chi connectivity index (χ2v) is 9.99. The summed E-state index contributed by atoms with van der Waals surface area (Å²) in [6.07, 6.45) is 5.20. The molecular weight excluding hydrogens is 450 g/mol. The van der Waals surface area contributed by atoms with Gasteiger partial charge in [0.25, 0.3) is 0 Å². The molecule has 3 aromatic rings. The number of ketones is 1. The predicted octanol–water partition coefficient (Wildman–Crippen LogP) is 5.72. The van der Waals surface area contributed by atoms with E-state index in [1.54, 1.807) is 18.3 Å². The number of Topliss-reactive ketones (excluding diaryl/α,β-unsaturated/α-hetero) is 1. The van der Waals surface area contributed by atoms with Crippen molar-refractivity contribution in [3.8, 4) is 17.2 Å². The number of carbonyl (C=O) groups excluding carboxylic acids is 2. The van der Waals surface area contributed by atoms with Crippen LogP contribution in [0.3, 0.4) is 0 Å². The normalized spacial score (nSPS) is 22.3. The quantitative estimate of drug-likeness (QED) is 0.449. The van der Waals surface area contributed by atoms with Crippen LogP contribution in [0.25, 0.3) is 11.1 Å². The first kappa shape index (κ1) is 22.5. The molecule has 2 aliphatic heterocycles. The smallest absolute Gasteiger partial charge is 0.410 e. The molecule has 2 fully saturated rings. The average molecular weight is 478 g/mol. The van der Waals surface area contributed by atoms with Gasteiger partial charge >= 0.3 is 6.09 Å². The molecular formula is C30H27N3O3. The molecule has 2 saturated heterocycles. The van der Waals surface area contributed by atoms with E-state index in [9.17, 15) is 14.9 Å². The second-order valence-electron chi connectivity index (χ2n) is 9.99. The van der Waals surface area contributed by atoms with Crippen LogP contribution in [0.2, 0.25) is 0 Å². The molecule has 6 heteroatoms. The number of hydrogen-bond acceptors (Lipinski definition) is 5. The Morgan fingerprint density at radius 2 is 1.58 bits per heavy atom. The number of pyridine rings is 1. The monoisotopic (exact) mass is 477 g/mol. The van der Waals surface area contributed by atoms with Gasteiger partial charge in [0.1, 0.15) is 18.4 Å². The van der Waals surface area contributed by atoms with Gasteiger partial charge in [0.15, 0.2) is 5.78 Å². The largest absolute Gasteiger partial charge is 0.448 e. The standard InChI is InChI=1S/C30H27N3O3/c31-17-19-7-6-14-32-28(19)29(34)20-15-21-8-5-9-22(16-20)33(21)30(35)36-18-27-25-12-3-1-10-23(25)24-11-2-4-13-26(24)27/h1-4,6-7,10-14,20-22,27H,5,8-9,15-16,18H2. The van der Waals surface area contributed by atoms with Crippen molar-refractivity contribution < 1.29 is 14.3 Å². The number of piperidine rings is 2. The Morgan fingerprint density at radius 3 is 2.22 bits per heavy atom. The zero-order chi connectivity index (χ0) is 24.6. The molecule has 2 unspecified atom stereocenters. The van der Waals surface area contributed by atoms with Crippen LogP contribution >= 0.6 is 0 Å². The average Bonchev–Trinajstić information content (AvgIpc) is 3.24. The summed E-state index contributed by atoms with van der Waals surface area (Å²) in [5.74, 6) is -0.301. The maximum absolute atomic E-state index is 13.4. The van der Waals surface area contributed by atoms with E-state index in [-0.39, 0.29) is 41.5 Å². The van der Waals surface area contributed by atoms with Crippen LogP contribution in [0.15, 0.2) is 66.9 Å². The molecule has 0 N–H and O–H groups in total. The Balaban J connectivity index is 1.17. The highest BCUT2D eigenvalue weighted by molar-refractivity contribution is 5.98. The van der Waals surface area contributed by atoms with Gasteiger partial charge in [-0.05, 0) is 66.5 Å². The molecule has 6 nitrogen and oxygen atoms in total. The summed E-state index contributed by atoms with van der Waals surface area (Å²) in [6.45, 7) is 0.296. The van der Waals surface area contributed by atoms with E-state index in [2.05, 4.69) is 35.3 Å². The number of rotatable bonds is 4. The lowest BCUT2D eigenvalue weighted by molar-refractivity contribution is 0.00640. The number of fused-ring (bicyclic) bond motifs is 5. The molecule has 36 heavy (non-hydrogen) atoms. The van der Waals surface area contributed by atoms with Gasteiger partial charge in [-0.25, -0.2) is 4.79 Å². The summed E-state index contributed by atoms with van der Waals surface area (Å²) in [7, 11) is 0. The van der Waals surface area contributed by atoms with Crippen LogP contribution in [0.1, 0.15) is 65.2 Å². The van der Waals surface area contributed by atoms with Crippen LogP contribution in [0.5, 0.6) is 0 Å². The highest BCUT2D eigenvalue weighted by Gasteiger charge is 2.44. The fourth-order valence-electron chi connectivity index (χ4n) is 6.45. The molecule has 0 spiro atoms. The molecule has 180 valence electrons. The van der Waals surface area contributed by atoms with Crippen molar-refractivity contribution in [2.75, 3.05) is 6.61 Å². The van der Waals surface area contributed by atoms with E-state index < -0.39 is 0 Å². The lowest BCUT2D eigenvalue weighted by Gasteiger charge is -2.47. The van der Waals surface area contributed by atoms with Crippen LogP contribution in [0.4, 0.5) is 4.79 Å². The van der Waals surface area contributed by atoms with Crippen molar-refractivity contribution in [1.82, 2.24) is 9.88 Å². The lowest BCUT2D eigenvalue weighted by atomic mass is 9.76.